The van der Waals surface area contributed by atoms with Gasteiger partial charge in [-0.2, -0.15) is 0 Å². The lowest BCUT2D eigenvalue weighted by Crippen LogP contribution is -2.41. The molecule has 3 amide bonds. The van der Waals surface area contributed by atoms with Gasteiger partial charge < -0.3 is 10.1 Å². The fourth-order valence-corrected chi connectivity index (χ4v) is 2.98. The van der Waals surface area contributed by atoms with Crippen LogP contribution in [-0.4, -0.2) is 31.1 Å². The molecule has 0 spiro atoms. The third kappa shape index (κ3) is 6.70. The molecule has 6 nitrogen and oxygen atoms in total. The minimum absolute atomic E-state index is 0.389. The third-order valence-corrected chi connectivity index (χ3v) is 4.16. The van der Waals surface area contributed by atoms with Crippen LogP contribution in [0.5, 0.6) is 0 Å². The van der Waals surface area contributed by atoms with Crippen molar-refractivity contribution in [3.05, 3.63) is 46.5 Å². The number of carbonyl (C=O) groups excluding carboxylic acids is 3. The van der Waals surface area contributed by atoms with Crippen LogP contribution in [0.25, 0.3) is 0 Å². The lowest BCUT2D eigenvalue weighted by molar-refractivity contribution is -0.123. The van der Waals surface area contributed by atoms with Crippen molar-refractivity contribution in [3.8, 4) is 0 Å². The summed E-state index contributed by atoms with van der Waals surface area (Å²) in [5, 5.41) is 4.80. The minimum atomic E-state index is -0.655. The summed E-state index contributed by atoms with van der Waals surface area (Å²) in [4.78, 5) is 35.4. The van der Waals surface area contributed by atoms with Gasteiger partial charge in [0, 0.05) is 6.54 Å². The largest absolute Gasteiger partial charge is 0.452 e. The van der Waals surface area contributed by atoms with E-state index in [1.165, 1.54) is 18.4 Å². The molecule has 1 aliphatic rings. The molecule has 0 radical (unpaired) electrons. The number of allylic oxidation sites excluding steroid dienone is 1. The van der Waals surface area contributed by atoms with Crippen LogP contribution in [0, 0.1) is 13.8 Å². The summed E-state index contributed by atoms with van der Waals surface area (Å²) in [7, 11) is 0. The first-order chi connectivity index (χ1) is 12.4. The maximum atomic E-state index is 12.0. The fourth-order valence-electron chi connectivity index (χ4n) is 2.98. The average Bonchev–Trinajstić information content (AvgIpc) is 2.59. The Balaban J connectivity index is 1.68. The first kappa shape index (κ1) is 19.7. The first-order valence-electron chi connectivity index (χ1n) is 8.95. The molecule has 0 atom stereocenters. The lowest BCUT2D eigenvalue weighted by atomic mass is 9.97. The standard InChI is InChI=1S/C20H26N2O4/c1-14-10-15(2)12-17(11-14)19(24)26-13-18(23)22-20(25)21-9-8-16-6-4-3-5-7-16/h6,10-12H,3-5,7-9,13H2,1-2H3,(H2,21,22,23,25). The van der Waals surface area contributed by atoms with E-state index in [0.717, 1.165) is 30.4 Å². The van der Waals surface area contributed by atoms with E-state index < -0.39 is 24.5 Å². The van der Waals surface area contributed by atoms with E-state index in [1.54, 1.807) is 12.1 Å². The number of aryl methyl sites for hydroxylation is 2. The van der Waals surface area contributed by atoms with E-state index in [4.69, 9.17) is 4.74 Å². The van der Waals surface area contributed by atoms with Crippen LogP contribution < -0.4 is 10.6 Å². The average molecular weight is 358 g/mol. The molecule has 2 rings (SSSR count). The number of rotatable bonds is 6. The van der Waals surface area contributed by atoms with Crippen LogP contribution in [0.2, 0.25) is 0 Å². The normalized spacial score (nSPS) is 13.5. The molecule has 1 aromatic carbocycles. The van der Waals surface area contributed by atoms with Crippen LogP contribution in [0.4, 0.5) is 4.79 Å². The van der Waals surface area contributed by atoms with Gasteiger partial charge in [-0.05, 0) is 58.1 Å². The second-order valence-electron chi connectivity index (χ2n) is 6.61. The van der Waals surface area contributed by atoms with Gasteiger partial charge in [-0.15, -0.1) is 0 Å². The molecular formula is C20H26N2O4. The number of benzene rings is 1. The Hall–Kier alpha value is -2.63. The number of nitrogens with one attached hydrogen (secondary N) is 2. The number of hydrogen-bond acceptors (Lipinski definition) is 4. The maximum Gasteiger partial charge on any atom is 0.338 e. The predicted octanol–water partition coefficient (Wildman–Crippen LogP) is 3.18. The monoisotopic (exact) mass is 358 g/mol. The van der Waals surface area contributed by atoms with E-state index in [9.17, 15) is 14.4 Å². The highest BCUT2D eigenvalue weighted by Crippen LogP contribution is 2.19. The quantitative estimate of drug-likeness (QED) is 0.604. The molecule has 140 valence electrons. The first-order valence-corrected chi connectivity index (χ1v) is 8.95. The number of hydrogen-bond donors (Lipinski definition) is 2. The van der Waals surface area contributed by atoms with Gasteiger partial charge >= 0.3 is 12.0 Å². The Morgan fingerprint density at radius 3 is 2.46 bits per heavy atom. The molecule has 1 aromatic rings. The van der Waals surface area contributed by atoms with Crippen molar-refractivity contribution < 1.29 is 19.1 Å². The van der Waals surface area contributed by atoms with Gasteiger partial charge in [0.2, 0.25) is 0 Å². The summed E-state index contributed by atoms with van der Waals surface area (Å²) in [6.07, 6.45) is 7.63. The summed E-state index contributed by atoms with van der Waals surface area (Å²) >= 11 is 0. The Morgan fingerprint density at radius 2 is 1.81 bits per heavy atom. The summed E-state index contributed by atoms with van der Waals surface area (Å²) in [6, 6.07) is 4.76. The van der Waals surface area contributed by atoms with Crippen molar-refractivity contribution in [2.75, 3.05) is 13.2 Å². The lowest BCUT2D eigenvalue weighted by Gasteiger charge is -2.13. The second kappa shape index (κ2) is 9.75. The molecule has 0 aliphatic heterocycles. The van der Waals surface area contributed by atoms with Crippen molar-refractivity contribution in [1.29, 1.82) is 0 Å². The molecule has 0 bridgehead atoms. The predicted molar refractivity (Wildman–Crippen MR) is 98.9 cm³/mol. The summed E-state index contributed by atoms with van der Waals surface area (Å²) in [6.45, 7) is 3.74. The Kier molecular flexibility index (Phi) is 7.38. The van der Waals surface area contributed by atoms with E-state index in [1.807, 2.05) is 19.9 Å². The number of imide groups is 1. The molecule has 2 N–H and O–H groups in total. The van der Waals surface area contributed by atoms with Gasteiger partial charge in [0.1, 0.15) is 0 Å². The van der Waals surface area contributed by atoms with Crippen molar-refractivity contribution in [2.24, 2.45) is 0 Å². The summed E-state index contributed by atoms with van der Waals surface area (Å²) < 4.78 is 4.96. The van der Waals surface area contributed by atoms with Crippen LogP contribution >= 0.6 is 0 Å². The van der Waals surface area contributed by atoms with E-state index in [0.29, 0.717) is 12.1 Å². The summed E-state index contributed by atoms with van der Waals surface area (Å²) in [5.74, 6) is -1.24. The number of ether oxygens (including phenoxy) is 1. The molecule has 26 heavy (non-hydrogen) atoms. The van der Waals surface area contributed by atoms with Crippen LogP contribution in [0.3, 0.4) is 0 Å². The van der Waals surface area contributed by atoms with Gasteiger partial charge in [0.15, 0.2) is 6.61 Å². The number of carbonyl (C=O) groups is 3. The molecule has 0 aromatic heterocycles. The Morgan fingerprint density at radius 1 is 1.08 bits per heavy atom. The number of amides is 3. The molecule has 0 saturated carbocycles. The van der Waals surface area contributed by atoms with Gasteiger partial charge in [0.05, 0.1) is 5.56 Å². The van der Waals surface area contributed by atoms with Gasteiger partial charge in [-0.3, -0.25) is 10.1 Å². The van der Waals surface area contributed by atoms with Crippen molar-refractivity contribution in [3.63, 3.8) is 0 Å². The zero-order chi connectivity index (χ0) is 18.9. The smallest absolute Gasteiger partial charge is 0.338 e. The van der Waals surface area contributed by atoms with Gasteiger partial charge in [-0.1, -0.05) is 28.8 Å². The maximum absolute atomic E-state index is 12.0. The van der Waals surface area contributed by atoms with E-state index in [2.05, 4.69) is 16.7 Å². The highest BCUT2D eigenvalue weighted by atomic mass is 16.5. The number of esters is 1. The Bertz CT molecular complexity index is 690. The molecule has 1 aliphatic carbocycles. The van der Waals surface area contributed by atoms with Gasteiger partial charge in [-0.25, -0.2) is 9.59 Å². The molecule has 0 saturated heterocycles. The highest BCUT2D eigenvalue weighted by Gasteiger charge is 2.13. The van der Waals surface area contributed by atoms with Crippen LogP contribution in [-0.2, 0) is 9.53 Å². The van der Waals surface area contributed by atoms with Crippen molar-refractivity contribution in [2.45, 2.75) is 46.0 Å². The van der Waals surface area contributed by atoms with Crippen molar-refractivity contribution in [1.82, 2.24) is 10.6 Å². The second-order valence-corrected chi connectivity index (χ2v) is 6.61. The van der Waals surface area contributed by atoms with Crippen molar-refractivity contribution >= 4 is 17.9 Å². The highest BCUT2D eigenvalue weighted by molar-refractivity contribution is 5.97. The minimum Gasteiger partial charge on any atom is -0.452 e. The molecular weight excluding hydrogens is 332 g/mol. The SMILES string of the molecule is Cc1cc(C)cc(C(=O)OCC(=O)NC(=O)NCCC2=CCCCC2)c1. The molecule has 6 heteroatoms. The summed E-state index contributed by atoms with van der Waals surface area (Å²) in [5.41, 5.74) is 3.62. The zero-order valence-electron chi connectivity index (χ0n) is 15.4. The van der Waals surface area contributed by atoms with Crippen LogP contribution in [0.1, 0.15) is 53.6 Å². The van der Waals surface area contributed by atoms with E-state index in [-0.39, 0.29) is 0 Å². The topological polar surface area (TPSA) is 84.5 Å². The van der Waals surface area contributed by atoms with E-state index >= 15 is 0 Å². The van der Waals surface area contributed by atoms with Crippen LogP contribution in [0.15, 0.2) is 29.8 Å². The van der Waals surface area contributed by atoms with Gasteiger partial charge in [0.25, 0.3) is 5.91 Å². The Labute approximate surface area is 154 Å². The molecule has 0 unspecified atom stereocenters. The third-order valence-electron chi connectivity index (χ3n) is 4.16. The zero-order valence-corrected chi connectivity index (χ0v) is 15.4. The number of urea groups is 1. The molecule has 0 fully saturated rings. The molecule has 0 heterocycles. The fraction of sp³-hybridized carbons (Fsp3) is 0.450.